The first-order valence-electron chi connectivity index (χ1n) is 5.59. The van der Waals surface area contributed by atoms with Gasteiger partial charge in [0.15, 0.2) is 0 Å². The maximum absolute atomic E-state index is 5.68. The Bertz CT molecular complexity index is 393. The summed E-state index contributed by atoms with van der Waals surface area (Å²) < 4.78 is 11.1. The van der Waals surface area contributed by atoms with Crippen molar-refractivity contribution < 1.29 is 9.47 Å². The third-order valence-electron chi connectivity index (χ3n) is 3.00. The Morgan fingerprint density at radius 2 is 2.00 bits per heavy atom. The molecule has 1 heterocycles. The van der Waals surface area contributed by atoms with Crippen LogP contribution in [-0.2, 0) is 4.74 Å². The minimum absolute atomic E-state index is 0.146. The van der Waals surface area contributed by atoms with Crippen molar-refractivity contribution >= 4 is 21.6 Å². The van der Waals surface area contributed by atoms with E-state index in [4.69, 9.17) is 9.47 Å². The second-order valence-corrected chi connectivity index (χ2v) is 7.63. The SMILES string of the molecule is COc1cccc(C2SSC(C)(C)C2OC)c1. The van der Waals surface area contributed by atoms with Crippen molar-refractivity contribution in [1.82, 2.24) is 0 Å². The lowest BCUT2D eigenvalue weighted by Gasteiger charge is -2.27. The molecule has 0 aromatic heterocycles. The standard InChI is InChI=1S/C13H18O2S2/c1-13(2)12(15-4)11(16-17-13)9-6-5-7-10(8-9)14-3/h5-8,11-12H,1-4H3. The summed E-state index contributed by atoms with van der Waals surface area (Å²) in [4.78, 5) is 0. The van der Waals surface area contributed by atoms with Gasteiger partial charge in [0, 0.05) is 11.9 Å². The van der Waals surface area contributed by atoms with Crippen LogP contribution in [0.5, 0.6) is 5.75 Å². The van der Waals surface area contributed by atoms with Crippen LogP contribution in [-0.4, -0.2) is 25.1 Å². The summed E-state index contributed by atoms with van der Waals surface area (Å²) in [6.07, 6.45) is 0.226. The summed E-state index contributed by atoms with van der Waals surface area (Å²) in [5.74, 6) is 0.910. The van der Waals surface area contributed by atoms with Gasteiger partial charge in [-0.1, -0.05) is 33.7 Å². The van der Waals surface area contributed by atoms with Crippen molar-refractivity contribution in [3.8, 4) is 5.75 Å². The quantitative estimate of drug-likeness (QED) is 0.774. The number of rotatable bonds is 3. The third kappa shape index (κ3) is 2.59. The van der Waals surface area contributed by atoms with Gasteiger partial charge < -0.3 is 9.47 Å². The lowest BCUT2D eigenvalue weighted by molar-refractivity contribution is 0.0791. The molecule has 2 unspecified atom stereocenters. The van der Waals surface area contributed by atoms with Gasteiger partial charge in [-0.3, -0.25) is 0 Å². The number of benzene rings is 1. The van der Waals surface area contributed by atoms with Gasteiger partial charge in [-0.15, -0.1) is 0 Å². The third-order valence-corrected chi connectivity index (χ3v) is 6.69. The molecular weight excluding hydrogens is 252 g/mol. The molecule has 0 aliphatic carbocycles. The molecule has 0 spiro atoms. The van der Waals surface area contributed by atoms with Crippen molar-refractivity contribution in [2.24, 2.45) is 0 Å². The Kier molecular flexibility index (Phi) is 3.95. The van der Waals surface area contributed by atoms with Gasteiger partial charge in [-0.25, -0.2) is 0 Å². The predicted molar refractivity (Wildman–Crippen MR) is 75.8 cm³/mol. The lowest BCUT2D eigenvalue weighted by atomic mass is 9.97. The van der Waals surface area contributed by atoms with Gasteiger partial charge in [0.2, 0.25) is 0 Å². The normalized spacial score (nSPS) is 27.1. The Labute approximate surface area is 111 Å². The molecule has 1 saturated heterocycles. The monoisotopic (exact) mass is 270 g/mol. The Balaban J connectivity index is 2.27. The molecule has 0 saturated carbocycles. The van der Waals surface area contributed by atoms with Gasteiger partial charge in [-0.05, 0) is 31.5 Å². The van der Waals surface area contributed by atoms with Crippen LogP contribution in [0.4, 0.5) is 0 Å². The summed E-state index contributed by atoms with van der Waals surface area (Å²) in [5.41, 5.74) is 1.28. The first-order valence-corrected chi connectivity index (χ1v) is 7.81. The van der Waals surface area contributed by atoms with Crippen LogP contribution in [0, 0.1) is 0 Å². The Morgan fingerprint density at radius 1 is 1.24 bits per heavy atom. The van der Waals surface area contributed by atoms with Crippen LogP contribution in [0.3, 0.4) is 0 Å². The van der Waals surface area contributed by atoms with Crippen LogP contribution in [0.2, 0.25) is 0 Å². The minimum Gasteiger partial charge on any atom is -0.497 e. The van der Waals surface area contributed by atoms with E-state index in [1.165, 1.54) is 5.56 Å². The minimum atomic E-state index is 0.146. The molecule has 1 aliphatic rings. The molecule has 0 bridgehead atoms. The van der Waals surface area contributed by atoms with E-state index in [0.29, 0.717) is 5.25 Å². The number of hydrogen-bond donors (Lipinski definition) is 0. The first-order chi connectivity index (χ1) is 8.08. The fourth-order valence-electron chi connectivity index (χ4n) is 2.09. The highest BCUT2D eigenvalue weighted by Gasteiger charge is 2.44. The van der Waals surface area contributed by atoms with Crippen molar-refractivity contribution in [3.63, 3.8) is 0 Å². The van der Waals surface area contributed by atoms with E-state index in [2.05, 4.69) is 26.0 Å². The summed E-state index contributed by atoms with van der Waals surface area (Å²) in [6.45, 7) is 4.47. The summed E-state index contributed by atoms with van der Waals surface area (Å²) in [7, 11) is 7.29. The van der Waals surface area contributed by atoms with E-state index >= 15 is 0 Å². The highest BCUT2D eigenvalue weighted by atomic mass is 33.1. The van der Waals surface area contributed by atoms with E-state index in [-0.39, 0.29) is 10.9 Å². The van der Waals surface area contributed by atoms with Crippen molar-refractivity contribution in [2.75, 3.05) is 14.2 Å². The summed E-state index contributed by atoms with van der Waals surface area (Å²) in [5, 5.41) is 0.370. The van der Waals surface area contributed by atoms with E-state index in [9.17, 15) is 0 Å². The maximum Gasteiger partial charge on any atom is 0.119 e. The molecule has 94 valence electrons. The van der Waals surface area contributed by atoms with Gasteiger partial charge >= 0.3 is 0 Å². The Morgan fingerprint density at radius 3 is 2.65 bits per heavy atom. The van der Waals surface area contributed by atoms with Crippen LogP contribution in [0.25, 0.3) is 0 Å². The van der Waals surface area contributed by atoms with Gasteiger partial charge in [0.1, 0.15) is 5.75 Å². The van der Waals surface area contributed by atoms with E-state index in [0.717, 1.165) is 5.75 Å². The van der Waals surface area contributed by atoms with Crippen LogP contribution < -0.4 is 4.74 Å². The molecule has 1 aromatic rings. The molecule has 2 rings (SSSR count). The fraction of sp³-hybridized carbons (Fsp3) is 0.538. The zero-order valence-electron chi connectivity index (χ0n) is 10.6. The van der Waals surface area contributed by atoms with Crippen LogP contribution in [0.15, 0.2) is 24.3 Å². The Hall–Kier alpha value is -0.320. The molecule has 2 nitrogen and oxygen atoms in total. The van der Waals surface area contributed by atoms with Gasteiger partial charge in [-0.2, -0.15) is 0 Å². The largest absolute Gasteiger partial charge is 0.497 e. The van der Waals surface area contributed by atoms with Gasteiger partial charge in [0.25, 0.3) is 0 Å². The number of ether oxygens (including phenoxy) is 2. The molecule has 1 aromatic carbocycles. The molecular formula is C13H18O2S2. The summed E-state index contributed by atoms with van der Waals surface area (Å²) in [6, 6.07) is 8.26. The van der Waals surface area contributed by atoms with Crippen LogP contribution in [0.1, 0.15) is 24.7 Å². The van der Waals surface area contributed by atoms with Gasteiger partial charge in [0.05, 0.1) is 18.5 Å². The van der Waals surface area contributed by atoms with Crippen molar-refractivity contribution in [1.29, 1.82) is 0 Å². The fourth-order valence-corrected chi connectivity index (χ4v) is 5.65. The maximum atomic E-state index is 5.68. The molecule has 0 N–H and O–H groups in total. The highest BCUT2D eigenvalue weighted by molar-refractivity contribution is 8.77. The molecule has 1 aliphatic heterocycles. The smallest absolute Gasteiger partial charge is 0.119 e. The lowest BCUT2D eigenvalue weighted by Crippen LogP contribution is -2.33. The zero-order chi connectivity index (χ0) is 12.5. The molecule has 0 amide bonds. The van der Waals surface area contributed by atoms with Crippen molar-refractivity contribution in [3.05, 3.63) is 29.8 Å². The summed E-state index contributed by atoms with van der Waals surface area (Å²) >= 11 is 0. The van der Waals surface area contributed by atoms with E-state index in [1.54, 1.807) is 14.2 Å². The van der Waals surface area contributed by atoms with Crippen LogP contribution >= 0.6 is 21.6 Å². The first kappa shape index (κ1) is 13.1. The molecule has 4 heteroatoms. The molecule has 17 heavy (non-hydrogen) atoms. The van der Waals surface area contributed by atoms with E-state index in [1.807, 2.05) is 33.7 Å². The van der Waals surface area contributed by atoms with E-state index < -0.39 is 0 Å². The molecule has 2 atom stereocenters. The zero-order valence-corrected chi connectivity index (χ0v) is 12.2. The van der Waals surface area contributed by atoms with Crippen molar-refractivity contribution in [2.45, 2.75) is 29.9 Å². The number of methoxy groups -OCH3 is 2. The topological polar surface area (TPSA) is 18.5 Å². The average Bonchev–Trinajstić information content (AvgIpc) is 2.64. The molecule has 0 radical (unpaired) electrons. The number of hydrogen-bond acceptors (Lipinski definition) is 4. The second-order valence-electron chi connectivity index (χ2n) is 4.64. The second kappa shape index (κ2) is 5.12. The molecule has 1 fully saturated rings. The highest BCUT2D eigenvalue weighted by Crippen LogP contribution is 2.59. The average molecular weight is 270 g/mol. The predicted octanol–water partition coefficient (Wildman–Crippen LogP) is 3.92.